The summed E-state index contributed by atoms with van der Waals surface area (Å²) < 4.78 is 64.9. The van der Waals surface area contributed by atoms with Crippen LogP contribution in [0.25, 0.3) is 10.4 Å². The lowest BCUT2D eigenvalue weighted by molar-refractivity contribution is -0.142. The van der Waals surface area contributed by atoms with Crippen LogP contribution < -0.4 is 24.6 Å². The summed E-state index contributed by atoms with van der Waals surface area (Å²) in [7, 11) is 0. The van der Waals surface area contributed by atoms with Crippen LogP contribution in [0.2, 0.25) is 0 Å². The third kappa shape index (κ3) is 11.9. The number of hydrogen-bond acceptors (Lipinski definition) is 13. The Labute approximate surface area is 447 Å². The first kappa shape index (κ1) is 55.3. The Balaban J connectivity index is 0.776. The van der Waals surface area contributed by atoms with Crippen molar-refractivity contribution in [2.75, 3.05) is 61.3 Å². The highest BCUT2D eigenvalue weighted by atomic mass is 32.1. The SMILES string of the molecule is Cc1ncsc1-c1ccc(NC(=O)[C@@H]2C[C@@H](O)CN2C(=O)[C@H](C(C)C)N2Cc3ccccc3C2=O)c(OCCCOCCCOCCOc2ccc(N3C(=S)N(c4ccc(C#N)c(C(F)(F)F)c4)C(=O)C3(C)C)cc2)c1. The van der Waals surface area contributed by atoms with E-state index in [0.717, 1.165) is 38.7 Å². The summed E-state index contributed by atoms with van der Waals surface area (Å²) in [6.07, 6.45) is -4.54. The van der Waals surface area contributed by atoms with Crippen molar-refractivity contribution < 1.29 is 56.4 Å². The molecule has 4 heterocycles. The number of anilines is 3. The Kier molecular flexibility index (Phi) is 17.1. The minimum atomic E-state index is -4.81. The van der Waals surface area contributed by atoms with E-state index in [9.17, 15) is 42.7 Å². The highest BCUT2D eigenvalue weighted by Crippen LogP contribution is 2.41. The average molecular weight is 1080 g/mol. The van der Waals surface area contributed by atoms with Crippen LogP contribution in [0.1, 0.15) is 79.7 Å². The predicted octanol–water partition coefficient (Wildman–Crippen LogP) is 8.78. The number of rotatable bonds is 21. The van der Waals surface area contributed by atoms with Gasteiger partial charge in [0.25, 0.3) is 11.8 Å². The monoisotopic (exact) mass is 1080 g/mol. The van der Waals surface area contributed by atoms with Gasteiger partial charge in [-0.05, 0) is 117 Å². The zero-order chi connectivity index (χ0) is 54.5. The first-order chi connectivity index (χ1) is 36.3. The molecule has 16 nitrogen and oxygen atoms in total. The van der Waals surface area contributed by atoms with E-state index in [2.05, 4.69) is 10.3 Å². The second-order valence-corrected chi connectivity index (χ2v) is 20.6. The van der Waals surface area contributed by atoms with Crippen LogP contribution in [-0.4, -0.2) is 119 Å². The lowest BCUT2D eigenvalue weighted by Crippen LogP contribution is -2.54. The normalized spacial score (nSPS) is 17.6. The number of aliphatic hydroxyl groups is 1. The molecule has 3 atom stereocenters. The van der Waals surface area contributed by atoms with Gasteiger partial charge < -0.3 is 44.1 Å². The topological polar surface area (TPSA) is 187 Å². The maximum Gasteiger partial charge on any atom is 0.417 e. The molecule has 76 heavy (non-hydrogen) atoms. The smallest absolute Gasteiger partial charge is 0.417 e. The fourth-order valence-corrected chi connectivity index (χ4v) is 10.9. The molecule has 2 saturated heterocycles. The molecule has 21 heteroatoms. The van der Waals surface area contributed by atoms with Crippen molar-refractivity contribution in [1.82, 2.24) is 14.8 Å². The maximum atomic E-state index is 14.3. The lowest BCUT2D eigenvalue weighted by atomic mass is 10.0. The lowest BCUT2D eigenvalue weighted by Gasteiger charge is -2.35. The van der Waals surface area contributed by atoms with E-state index in [4.69, 9.17) is 31.2 Å². The summed E-state index contributed by atoms with van der Waals surface area (Å²) >= 11 is 7.12. The Bertz CT molecular complexity index is 3020. The second kappa shape index (κ2) is 23.5. The van der Waals surface area contributed by atoms with Crippen LogP contribution in [0.3, 0.4) is 0 Å². The number of thiazole rings is 1. The highest BCUT2D eigenvalue weighted by molar-refractivity contribution is 7.81. The summed E-state index contributed by atoms with van der Waals surface area (Å²) in [6, 6.07) is 22.3. The zero-order valence-electron chi connectivity index (χ0n) is 42.6. The molecule has 2 fully saturated rings. The van der Waals surface area contributed by atoms with Gasteiger partial charge in [0.15, 0.2) is 5.11 Å². The number of β-amino-alcohol motifs (C(OH)–C–C–N with tert-alkyl or cyclic N) is 1. The first-order valence-corrected chi connectivity index (χ1v) is 26.1. The molecule has 0 bridgehead atoms. The summed E-state index contributed by atoms with van der Waals surface area (Å²) in [5.41, 5.74) is 2.73. The third-order valence-corrected chi connectivity index (χ3v) is 14.7. The van der Waals surface area contributed by atoms with Gasteiger partial charge >= 0.3 is 6.18 Å². The van der Waals surface area contributed by atoms with Crippen molar-refractivity contribution in [2.45, 2.75) is 90.3 Å². The van der Waals surface area contributed by atoms with Gasteiger partial charge in [0.05, 0.1) is 64.0 Å². The van der Waals surface area contributed by atoms with E-state index in [1.165, 1.54) is 22.3 Å². The van der Waals surface area contributed by atoms with Gasteiger partial charge in [-0.1, -0.05) is 38.1 Å². The van der Waals surface area contributed by atoms with E-state index >= 15 is 0 Å². The predicted molar refractivity (Wildman–Crippen MR) is 283 cm³/mol. The van der Waals surface area contributed by atoms with Gasteiger partial charge in [-0.25, -0.2) is 4.98 Å². The van der Waals surface area contributed by atoms with E-state index in [1.807, 2.05) is 45.0 Å². The summed E-state index contributed by atoms with van der Waals surface area (Å²) in [4.78, 5) is 66.4. The molecule has 5 aromatic rings. The number of hydrogen-bond donors (Lipinski definition) is 2. The number of ether oxygens (including phenoxy) is 4. The van der Waals surface area contributed by atoms with Crippen LogP contribution >= 0.6 is 23.6 Å². The maximum absolute atomic E-state index is 14.3. The summed E-state index contributed by atoms with van der Waals surface area (Å²) in [5.74, 6) is -0.965. The Morgan fingerprint density at radius 3 is 2.30 bits per heavy atom. The molecule has 8 rings (SSSR count). The van der Waals surface area contributed by atoms with Gasteiger partial charge in [0.2, 0.25) is 11.8 Å². The van der Waals surface area contributed by atoms with Gasteiger partial charge in [-0.2, -0.15) is 18.4 Å². The molecular weight excluding hydrogens is 1020 g/mol. The number of likely N-dealkylation sites (tertiary alicyclic amines) is 1. The molecule has 4 amide bonds. The van der Waals surface area contributed by atoms with Crippen molar-refractivity contribution in [1.29, 1.82) is 5.26 Å². The van der Waals surface area contributed by atoms with E-state index in [0.29, 0.717) is 67.7 Å². The van der Waals surface area contributed by atoms with Crippen molar-refractivity contribution in [3.63, 3.8) is 0 Å². The number of aryl methyl sites for hydroxylation is 1. The molecule has 3 aliphatic rings. The van der Waals surface area contributed by atoms with Crippen LogP contribution in [0.5, 0.6) is 11.5 Å². The van der Waals surface area contributed by atoms with Crippen LogP contribution in [0.4, 0.5) is 30.2 Å². The highest BCUT2D eigenvalue weighted by Gasteiger charge is 2.51. The number of halogens is 3. The number of aliphatic hydroxyl groups excluding tert-OH is 1. The number of carbonyl (C=O) groups excluding carboxylic acids is 4. The first-order valence-electron chi connectivity index (χ1n) is 24.8. The molecule has 0 spiro atoms. The number of thiocarbonyl (C=S) groups is 1. The Hall–Kier alpha value is -6.96. The standard InChI is InChI=1S/C55H58F3N7O9S2/c1-33(2)47(63-30-37-10-6-7-11-42(37)50(63)68)51(69)62-31-40(66)28-45(62)49(67)61-44-19-13-35(48-34(3)60-32-76-48)26-46(44)74-23-9-22-71-20-8-21-72-24-25-73-41-17-15-38(16-18-41)65-53(75)64(52(70)54(65,4)5)39-14-12-36(29-59)43(27-39)55(56,57)58/h6-7,10-19,26-27,32-33,40,45,47,66H,8-9,20-25,28,30-31H2,1-5H3,(H,61,67)/t40-,45+,47+/m1/s1. The number of benzene rings is 4. The van der Waals surface area contributed by atoms with Gasteiger partial charge in [-0.3, -0.25) is 24.1 Å². The number of fused-ring (bicyclic) bond motifs is 1. The zero-order valence-corrected chi connectivity index (χ0v) is 44.2. The van der Waals surface area contributed by atoms with E-state index < -0.39 is 58.8 Å². The molecule has 0 aliphatic carbocycles. The summed E-state index contributed by atoms with van der Waals surface area (Å²) in [5, 5.41) is 23.0. The fourth-order valence-electron chi connectivity index (χ4n) is 9.62. The molecule has 3 aliphatic heterocycles. The number of amides is 4. The number of carbonyl (C=O) groups is 4. The quantitative estimate of drug-likeness (QED) is 0.0525. The van der Waals surface area contributed by atoms with Crippen molar-refractivity contribution in [3.05, 3.63) is 118 Å². The Morgan fingerprint density at radius 1 is 0.934 bits per heavy atom. The summed E-state index contributed by atoms with van der Waals surface area (Å²) in [6.45, 7) is 11.2. The second-order valence-electron chi connectivity index (χ2n) is 19.4. The minimum absolute atomic E-state index is 0.0127. The molecular formula is C55H58F3N7O9S2. The molecule has 400 valence electrons. The fraction of sp³-hybridized carbons (Fsp3) is 0.400. The Morgan fingerprint density at radius 2 is 1.63 bits per heavy atom. The number of aromatic nitrogens is 1. The third-order valence-electron chi connectivity index (χ3n) is 13.4. The average Bonchev–Trinajstić information content (AvgIpc) is 4.14. The van der Waals surface area contributed by atoms with Crippen molar-refractivity contribution in [2.24, 2.45) is 5.92 Å². The molecule has 0 unspecified atom stereocenters. The van der Waals surface area contributed by atoms with Crippen LogP contribution in [-0.2, 0) is 36.6 Å². The number of alkyl halides is 3. The number of nitrogens with one attached hydrogen (secondary N) is 1. The van der Waals surface area contributed by atoms with Crippen LogP contribution in [0.15, 0.2) is 90.4 Å². The van der Waals surface area contributed by atoms with Crippen molar-refractivity contribution >= 4 is 69.4 Å². The van der Waals surface area contributed by atoms with Crippen LogP contribution in [0, 0.1) is 24.2 Å². The molecule has 1 aromatic heterocycles. The molecule has 0 saturated carbocycles. The number of nitrogens with zero attached hydrogens (tertiary/aromatic N) is 6. The van der Waals surface area contributed by atoms with E-state index in [-0.39, 0.29) is 55.3 Å². The van der Waals surface area contributed by atoms with Gasteiger partial charge in [-0.15, -0.1) is 11.3 Å². The molecule has 2 N–H and O–H groups in total. The van der Waals surface area contributed by atoms with Gasteiger partial charge in [0.1, 0.15) is 35.7 Å². The minimum Gasteiger partial charge on any atom is -0.491 e. The van der Waals surface area contributed by atoms with E-state index in [1.54, 1.807) is 77.7 Å². The molecule has 0 radical (unpaired) electrons. The largest absolute Gasteiger partial charge is 0.491 e. The van der Waals surface area contributed by atoms with Gasteiger partial charge in [0, 0.05) is 57.0 Å². The van der Waals surface area contributed by atoms with Crippen molar-refractivity contribution in [3.8, 4) is 28.0 Å². The number of nitriles is 1. The molecule has 4 aromatic carbocycles.